The smallest absolute Gasteiger partial charge is 0.335 e. The molecule has 6 heteroatoms. The van der Waals surface area contributed by atoms with Crippen LogP contribution in [0.25, 0.3) is 0 Å². The second-order valence-electron chi connectivity index (χ2n) is 3.24. The first-order chi connectivity index (χ1) is 8.13. The van der Waals surface area contributed by atoms with E-state index >= 15 is 0 Å². The van der Waals surface area contributed by atoms with Crippen LogP contribution in [-0.2, 0) is 4.79 Å². The zero-order valence-corrected chi connectivity index (χ0v) is 10.3. The monoisotopic (exact) mass is 254 g/mol. The number of carboxylic acids is 1. The first kappa shape index (κ1) is 13.5. The lowest BCUT2D eigenvalue weighted by Crippen LogP contribution is -2.22. The Labute approximate surface area is 104 Å². The number of carbonyl (C=O) groups excluding carboxylic acids is 1. The summed E-state index contributed by atoms with van der Waals surface area (Å²) in [6, 6.07) is 2.95. The van der Waals surface area contributed by atoms with Gasteiger partial charge in [0.25, 0.3) is 0 Å². The standard InChI is InChI=1S/C11H14N2O3S/c1-2-12-9(14)4-6-17-10-7-8(11(15)16)3-5-13-10/h3,5,7H,2,4,6H2,1H3,(H,12,14)(H,15,16). The Hall–Kier alpha value is -1.56. The molecule has 0 saturated heterocycles. The minimum Gasteiger partial charge on any atom is -0.478 e. The number of thioether (sulfide) groups is 1. The molecule has 0 aromatic carbocycles. The number of carbonyl (C=O) groups is 2. The number of pyridine rings is 1. The Morgan fingerprint density at radius 3 is 2.94 bits per heavy atom. The van der Waals surface area contributed by atoms with E-state index in [0.29, 0.717) is 23.7 Å². The minimum atomic E-state index is -0.974. The maximum Gasteiger partial charge on any atom is 0.335 e. The summed E-state index contributed by atoms with van der Waals surface area (Å²) in [4.78, 5) is 25.9. The van der Waals surface area contributed by atoms with Crippen molar-refractivity contribution < 1.29 is 14.7 Å². The maximum absolute atomic E-state index is 11.2. The maximum atomic E-state index is 11.2. The minimum absolute atomic E-state index is 0.00520. The topological polar surface area (TPSA) is 79.3 Å². The van der Waals surface area contributed by atoms with Crippen molar-refractivity contribution in [3.05, 3.63) is 23.9 Å². The summed E-state index contributed by atoms with van der Waals surface area (Å²) in [7, 11) is 0. The van der Waals surface area contributed by atoms with Gasteiger partial charge in [-0.3, -0.25) is 4.79 Å². The largest absolute Gasteiger partial charge is 0.478 e. The second kappa shape index (κ2) is 6.90. The molecule has 0 saturated carbocycles. The Morgan fingerprint density at radius 2 is 2.29 bits per heavy atom. The van der Waals surface area contributed by atoms with Crippen molar-refractivity contribution in [1.29, 1.82) is 0 Å². The molecule has 1 rings (SSSR count). The molecule has 1 aromatic heterocycles. The first-order valence-electron chi connectivity index (χ1n) is 5.22. The molecular formula is C11H14N2O3S. The average molecular weight is 254 g/mol. The van der Waals surface area contributed by atoms with E-state index in [1.54, 1.807) is 0 Å². The van der Waals surface area contributed by atoms with Gasteiger partial charge in [0.1, 0.15) is 0 Å². The molecule has 0 aliphatic heterocycles. The molecule has 1 heterocycles. The van der Waals surface area contributed by atoms with E-state index in [0.717, 1.165) is 0 Å². The zero-order valence-electron chi connectivity index (χ0n) is 9.47. The fourth-order valence-corrected chi connectivity index (χ4v) is 2.00. The number of carboxylic acid groups (broad SMARTS) is 1. The van der Waals surface area contributed by atoms with Crippen molar-refractivity contribution in [3.8, 4) is 0 Å². The van der Waals surface area contributed by atoms with Crippen molar-refractivity contribution in [2.75, 3.05) is 12.3 Å². The van der Waals surface area contributed by atoms with E-state index in [4.69, 9.17) is 5.11 Å². The summed E-state index contributed by atoms with van der Waals surface area (Å²) in [5, 5.41) is 12.1. The summed E-state index contributed by atoms with van der Waals surface area (Å²) in [6.45, 7) is 2.49. The predicted octanol–water partition coefficient (Wildman–Crippen LogP) is 1.40. The van der Waals surface area contributed by atoms with Gasteiger partial charge in [-0.25, -0.2) is 9.78 Å². The van der Waals surface area contributed by atoms with Crippen LogP contribution in [-0.4, -0.2) is 34.3 Å². The van der Waals surface area contributed by atoms with Gasteiger partial charge in [0.05, 0.1) is 10.6 Å². The number of aromatic carboxylic acids is 1. The molecule has 0 atom stereocenters. The molecule has 0 bridgehead atoms. The van der Waals surface area contributed by atoms with E-state index < -0.39 is 5.97 Å². The van der Waals surface area contributed by atoms with Crippen molar-refractivity contribution in [3.63, 3.8) is 0 Å². The molecular weight excluding hydrogens is 240 g/mol. The van der Waals surface area contributed by atoms with Crippen LogP contribution < -0.4 is 5.32 Å². The molecule has 1 aromatic rings. The lowest BCUT2D eigenvalue weighted by atomic mass is 10.3. The van der Waals surface area contributed by atoms with Crippen LogP contribution in [0.2, 0.25) is 0 Å². The van der Waals surface area contributed by atoms with Gasteiger partial charge in [-0.05, 0) is 19.1 Å². The first-order valence-corrected chi connectivity index (χ1v) is 6.21. The van der Waals surface area contributed by atoms with E-state index in [1.807, 2.05) is 6.92 Å². The van der Waals surface area contributed by atoms with Gasteiger partial charge in [0.2, 0.25) is 5.91 Å². The lowest BCUT2D eigenvalue weighted by molar-refractivity contribution is -0.120. The predicted molar refractivity (Wildman–Crippen MR) is 65.2 cm³/mol. The molecule has 0 unspecified atom stereocenters. The summed E-state index contributed by atoms with van der Waals surface area (Å²) in [6.07, 6.45) is 1.86. The molecule has 2 N–H and O–H groups in total. The molecule has 92 valence electrons. The SMILES string of the molecule is CCNC(=O)CCSc1cc(C(=O)O)ccn1. The molecule has 17 heavy (non-hydrogen) atoms. The molecule has 0 aliphatic rings. The Balaban J connectivity index is 2.44. The summed E-state index contributed by atoms with van der Waals surface area (Å²) in [5.41, 5.74) is 0.209. The number of aromatic nitrogens is 1. The van der Waals surface area contributed by atoms with Gasteiger partial charge >= 0.3 is 5.97 Å². The molecule has 1 amide bonds. The average Bonchev–Trinajstić information content (AvgIpc) is 2.30. The Kier molecular flexibility index (Phi) is 5.48. The molecule has 0 spiro atoms. The molecule has 5 nitrogen and oxygen atoms in total. The molecule has 0 aliphatic carbocycles. The van der Waals surface area contributed by atoms with E-state index in [1.165, 1.54) is 30.1 Å². The highest BCUT2D eigenvalue weighted by atomic mass is 32.2. The van der Waals surface area contributed by atoms with Crippen molar-refractivity contribution in [2.24, 2.45) is 0 Å². The Morgan fingerprint density at radius 1 is 1.53 bits per heavy atom. The summed E-state index contributed by atoms with van der Waals surface area (Å²) in [5.74, 6) is -0.394. The van der Waals surface area contributed by atoms with Crippen LogP contribution in [0.15, 0.2) is 23.4 Å². The van der Waals surface area contributed by atoms with Crippen molar-refractivity contribution in [1.82, 2.24) is 10.3 Å². The Bertz CT molecular complexity index is 409. The second-order valence-corrected chi connectivity index (χ2v) is 4.36. The van der Waals surface area contributed by atoms with Gasteiger partial charge in [0.15, 0.2) is 0 Å². The van der Waals surface area contributed by atoms with Crippen LogP contribution in [0.1, 0.15) is 23.7 Å². The van der Waals surface area contributed by atoms with Crippen molar-refractivity contribution in [2.45, 2.75) is 18.4 Å². The van der Waals surface area contributed by atoms with Crippen LogP contribution >= 0.6 is 11.8 Å². The van der Waals surface area contributed by atoms with E-state index in [2.05, 4.69) is 10.3 Å². The quantitative estimate of drug-likeness (QED) is 0.750. The number of amides is 1. The van der Waals surface area contributed by atoms with Gasteiger partial charge in [-0.2, -0.15) is 0 Å². The van der Waals surface area contributed by atoms with E-state index in [9.17, 15) is 9.59 Å². The highest BCUT2D eigenvalue weighted by Gasteiger charge is 2.05. The van der Waals surface area contributed by atoms with Gasteiger partial charge in [-0.15, -0.1) is 11.8 Å². The van der Waals surface area contributed by atoms with Crippen LogP contribution in [0.3, 0.4) is 0 Å². The number of rotatable bonds is 6. The third kappa shape index (κ3) is 4.86. The third-order valence-electron chi connectivity index (χ3n) is 1.93. The zero-order chi connectivity index (χ0) is 12.7. The van der Waals surface area contributed by atoms with Crippen LogP contribution in [0.4, 0.5) is 0 Å². The number of nitrogens with one attached hydrogen (secondary N) is 1. The van der Waals surface area contributed by atoms with Crippen LogP contribution in [0, 0.1) is 0 Å². The highest BCUT2D eigenvalue weighted by Crippen LogP contribution is 2.17. The lowest BCUT2D eigenvalue weighted by Gasteiger charge is -2.02. The normalized spacial score (nSPS) is 9.94. The molecule has 0 radical (unpaired) electrons. The van der Waals surface area contributed by atoms with Crippen LogP contribution in [0.5, 0.6) is 0 Å². The van der Waals surface area contributed by atoms with Gasteiger partial charge in [-0.1, -0.05) is 0 Å². The number of hydrogen-bond acceptors (Lipinski definition) is 4. The number of hydrogen-bond donors (Lipinski definition) is 2. The summed E-state index contributed by atoms with van der Waals surface area (Å²) < 4.78 is 0. The highest BCUT2D eigenvalue weighted by molar-refractivity contribution is 7.99. The molecule has 0 fully saturated rings. The van der Waals surface area contributed by atoms with Gasteiger partial charge in [0, 0.05) is 24.9 Å². The third-order valence-corrected chi connectivity index (χ3v) is 2.86. The van der Waals surface area contributed by atoms with E-state index in [-0.39, 0.29) is 11.5 Å². The number of nitrogens with zero attached hydrogens (tertiary/aromatic N) is 1. The summed E-state index contributed by atoms with van der Waals surface area (Å²) >= 11 is 1.37. The fraction of sp³-hybridized carbons (Fsp3) is 0.364. The fourth-order valence-electron chi connectivity index (χ4n) is 1.16. The van der Waals surface area contributed by atoms with Crippen molar-refractivity contribution >= 4 is 23.6 Å². The van der Waals surface area contributed by atoms with Gasteiger partial charge < -0.3 is 10.4 Å².